The molecular weight excluding hydrogens is 686 g/mol. The Kier molecular flexibility index (Phi) is 11.3. The number of rotatable bonds is 6. The average molecular weight is 711 g/mol. The molecule has 0 saturated carbocycles. The predicted octanol–water partition coefficient (Wildman–Crippen LogP) is 10.7. The van der Waals surface area contributed by atoms with E-state index >= 15 is 0 Å². The van der Waals surface area contributed by atoms with Gasteiger partial charge in [0, 0.05) is 33.4 Å². The van der Waals surface area contributed by atoms with Crippen molar-refractivity contribution in [3.05, 3.63) is 130 Å². The molecule has 0 fully saturated rings. The lowest BCUT2D eigenvalue weighted by molar-refractivity contribution is 0.687. The summed E-state index contributed by atoms with van der Waals surface area (Å²) < 4.78 is 12.1. The Morgan fingerprint density at radius 3 is 1.49 bits per heavy atom. The molecule has 2 heterocycles. The quantitative estimate of drug-likeness (QED) is 0.127. The molecule has 6 rings (SSSR count). The summed E-state index contributed by atoms with van der Waals surface area (Å²) in [6.45, 7) is 0. The van der Waals surface area contributed by atoms with Gasteiger partial charge in [-0.15, -0.1) is 11.8 Å². The fourth-order valence-corrected chi connectivity index (χ4v) is 7.30. The van der Waals surface area contributed by atoms with Crippen LogP contribution in [0.25, 0.3) is 45.0 Å². The van der Waals surface area contributed by atoms with Crippen LogP contribution in [-0.2, 0) is 10.8 Å². The molecule has 5 nitrogen and oxygen atoms in total. The highest BCUT2D eigenvalue weighted by molar-refractivity contribution is 7.98. The zero-order chi connectivity index (χ0) is 31.9. The molecule has 6 aromatic rings. The van der Waals surface area contributed by atoms with Crippen LogP contribution < -0.4 is 0 Å². The topological polar surface area (TPSA) is 68.6 Å². The van der Waals surface area contributed by atoms with Gasteiger partial charge in [-0.3, -0.25) is 4.21 Å². The minimum Gasteiger partial charge on any atom is -0.255 e. The second-order valence-corrected chi connectivity index (χ2v) is 13.1. The molecule has 1 unspecified atom stereocenters. The largest absolute Gasteiger partial charge is 0.255 e. The summed E-state index contributed by atoms with van der Waals surface area (Å²) in [6, 6.07) is 34.4. The van der Waals surface area contributed by atoms with Crippen LogP contribution in [0.2, 0.25) is 20.6 Å². The van der Waals surface area contributed by atoms with Gasteiger partial charge in [-0.05, 0) is 53.7 Å². The number of thioether (sulfide) groups is 1. The Bertz CT molecular complexity index is 1980. The highest BCUT2D eigenvalue weighted by Gasteiger charge is 2.16. The predicted molar refractivity (Wildman–Crippen MR) is 190 cm³/mol. The van der Waals surface area contributed by atoms with Crippen molar-refractivity contribution < 1.29 is 4.21 Å². The second kappa shape index (κ2) is 15.3. The fourth-order valence-electron chi connectivity index (χ4n) is 4.55. The van der Waals surface area contributed by atoms with Crippen molar-refractivity contribution in [2.24, 2.45) is 0 Å². The lowest BCUT2D eigenvalue weighted by Gasteiger charge is -2.10. The third-order valence-corrected chi connectivity index (χ3v) is 9.57. The summed E-state index contributed by atoms with van der Waals surface area (Å²) in [4.78, 5) is 18.8. The maximum absolute atomic E-state index is 12.1. The Balaban J connectivity index is 0.000000178. The van der Waals surface area contributed by atoms with Crippen LogP contribution >= 0.6 is 58.2 Å². The van der Waals surface area contributed by atoms with Crippen LogP contribution in [0.4, 0.5) is 0 Å². The first-order chi connectivity index (χ1) is 21.7. The van der Waals surface area contributed by atoms with Gasteiger partial charge in [-0.2, -0.15) is 0 Å². The van der Waals surface area contributed by atoms with Crippen molar-refractivity contribution in [2.75, 3.05) is 12.5 Å². The van der Waals surface area contributed by atoms with Gasteiger partial charge < -0.3 is 0 Å². The maximum Gasteiger partial charge on any atom is 0.223 e. The maximum atomic E-state index is 12.1. The molecule has 45 heavy (non-hydrogen) atoms. The van der Waals surface area contributed by atoms with E-state index in [4.69, 9.17) is 46.4 Å². The number of nitrogens with zero attached hydrogens (tertiary/aromatic N) is 4. The molecule has 0 aliphatic rings. The van der Waals surface area contributed by atoms with E-state index in [1.807, 2.05) is 103 Å². The lowest BCUT2D eigenvalue weighted by Crippen LogP contribution is -1.97. The van der Waals surface area contributed by atoms with Gasteiger partial charge in [0.1, 0.15) is 0 Å². The Labute approximate surface area is 288 Å². The van der Waals surface area contributed by atoms with E-state index in [1.54, 1.807) is 30.2 Å². The van der Waals surface area contributed by atoms with Crippen molar-refractivity contribution in [1.82, 2.24) is 19.9 Å². The van der Waals surface area contributed by atoms with Crippen LogP contribution in [0.15, 0.2) is 119 Å². The molecule has 0 aliphatic carbocycles. The minimum absolute atomic E-state index is 0.133. The van der Waals surface area contributed by atoms with Crippen molar-refractivity contribution in [3.8, 4) is 45.0 Å². The molecule has 1 atom stereocenters. The molecular formula is C34H24Cl4N4OS2. The van der Waals surface area contributed by atoms with Gasteiger partial charge in [0.15, 0.2) is 0 Å². The SMILES string of the molecule is CS(=O)c1c(Cl)cccc1-c1cc(-c2ccccc2)nc(Cl)n1.CSc1c(Cl)cccc1-c1cc(-c2ccccc2)nc(Cl)n1. The van der Waals surface area contributed by atoms with Crippen molar-refractivity contribution in [3.63, 3.8) is 0 Å². The molecule has 0 aliphatic heterocycles. The van der Waals surface area contributed by atoms with E-state index in [1.165, 1.54) is 0 Å². The summed E-state index contributed by atoms with van der Waals surface area (Å²) in [5.74, 6) is 0. The summed E-state index contributed by atoms with van der Waals surface area (Å²) in [5, 5.41) is 1.51. The summed E-state index contributed by atoms with van der Waals surface area (Å²) in [5.41, 5.74) is 6.44. The van der Waals surface area contributed by atoms with Crippen LogP contribution in [0, 0.1) is 0 Å². The normalized spacial score (nSPS) is 11.4. The summed E-state index contributed by atoms with van der Waals surface area (Å²) in [6.07, 6.45) is 3.58. The first-order valence-corrected chi connectivity index (χ1v) is 17.7. The number of halogens is 4. The van der Waals surface area contributed by atoms with E-state index in [0.29, 0.717) is 31.9 Å². The molecule has 4 aromatic carbocycles. The van der Waals surface area contributed by atoms with Crippen molar-refractivity contribution in [2.45, 2.75) is 9.79 Å². The Morgan fingerprint density at radius 1 is 0.556 bits per heavy atom. The Hall–Kier alpha value is -3.30. The number of benzene rings is 4. The van der Waals surface area contributed by atoms with Gasteiger partial charge >= 0.3 is 0 Å². The minimum atomic E-state index is -1.25. The zero-order valence-corrected chi connectivity index (χ0v) is 28.6. The van der Waals surface area contributed by atoms with E-state index in [2.05, 4.69) is 19.9 Å². The summed E-state index contributed by atoms with van der Waals surface area (Å²) in [7, 11) is -1.25. The molecule has 0 saturated heterocycles. The van der Waals surface area contributed by atoms with Crippen LogP contribution in [0.5, 0.6) is 0 Å². The molecule has 0 radical (unpaired) electrons. The third kappa shape index (κ3) is 8.11. The van der Waals surface area contributed by atoms with E-state index in [-0.39, 0.29) is 10.6 Å². The van der Waals surface area contributed by atoms with Crippen LogP contribution in [-0.4, -0.2) is 36.7 Å². The Morgan fingerprint density at radius 2 is 1.00 bits per heavy atom. The number of hydrogen-bond acceptors (Lipinski definition) is 6. The first kappa shape index (κ1) is 33.1. The lowest BCUT2D eigenvalue weighted by atomic mass is 10.1. The van der Waals surface area contributed by atoms with Crippen molar-refractivity contribution >= 4 is 69.0 Å². The molecule has 0 amide bonds. The van der Waals surface area contributed by atoms with Crippen LogP contribution in [0.3, 0.4) is 0 Å². The highest BCUT2D eigenvalue weighted by Crippen LogP contribution is 2.36. The first-order valence-electron chi connectivity index (χ1n) is 13.4. The van der Waals surface area contributed by atoms with Gasteiger partial charge in [0.25, 0.3) is 0 Å². The monoisotopic (exact) mass is 708 g/mol. The average Bonchev–Trinajstić information content (AvgIpc) is 3.05. The van der Waals surface area contributed by atoms with E-state index < -0.39 is 10.8 Å². The molecule has 11 heteroatoms. The number of aromatic nitrogens is 4. The third-order valence-electron chi connectivity index (χ3n) is 6.51. The molecule has 2 aromatic heterocycles. The van der Waals surface area contributed by atoms with Gasteiger partial charge in [0.05, 0.1) is 48.5 Å². The highest BCUT2D eigenvalue weighted by atomic mass is 35.5. The van der Waals surface area contributed by atoms with Gasteiger partial charge in [-0.25, -0.2) is 19.9 Å². The van der Waals surface area contributed by atoms with Crippen molar-refractivity contribution in [1.29, 1.82) is 0 Å². The molecule has 0 bridgehead atoms. The fraction of sp³-hybridized carbons (Fsp3) is 0.0588. The van der Waals surface area contributed by atoms with E-state index in [9.17, 15) is 4.21 Å². The smallest absolute Gasteiger partial charge is 0.223 e. The standard InChI is InChI=1S/C17H12Cl2N2OS.C17H12Cl2N2S/c1-23(22)16-12(8-5-9-13(16)18)15-10-14(20-17(19)21-15)11-6-3-2-4-7-11;1-22-16-12(8-5-9-13(16)18)15-10-14(20-17(19)21-15)11-6-3-2-4-7-11/h2-10H,1H3;2-10H,1H3. The molecule has 226 valence electrons. The zero-order valence-electron chi connectivity index (χ0n) is 23.9. The number of hydrogen-bond donors (Lipinski definition) is 0. The van der Waals surface area contributed by atoms with E-state index in [0.717, 1.165) is 33.0 Å². The van der Waals surface area contributed by atoms with Gasteiger partial charge in [0.2, 0.25) is 10.6 Å². The van der Waals surface area contributed by atoms with Crippen LogP contribution in [0.1, 0.15) is 0 Å². The van der Waals surface area contributed by atoms with Gasteiger partial charge in [-0.1, -0.05) is 108 Å². The second-order valence-electron chi connectivity index (χ2n) is 9.44. The molecule has 0 spiro atoms. The molecule has 0 N–H and O–H groups in total. The summed E-state index contributed by atoms with van der Waals surface area (Å²) >= 11 is 26.3.